The van der Waals surface area contributed by atoms with Gasteiger partial charge in [0.05, 0.1) is 81.1 Å². The molecule has 0 aromatic heterocycles. The fraction of sp³-hybridized carbons (Fsp3) is 0.947. The molecule has 41 heavy (non-hydrogen) atoms. The predicted molar refractivity (Wildman–Crippen MR) is 188 cm³/mol. The van der Waals surface area contributed by atoms with Crippen molar-refractivity contribution in [3.05, 3.63) is 12.7 Å². The molecule has 0 atom stereocenters. The lowest BCUT2D eigenvalue weighted by atomic mass is 10.1. The van der Waals surface area contributed by atoms with Crippen LogP contribution >= 0.6 is 0 Å². The molecular weight excluding hydrogens is 498 g/mol. The third-order valence-electron chi connectivity index (χ3n) is 9.73. The second kappa shape index (κ2) is 26.1. The Bertz CT molecular complexity index is 526. The van der Waals surface area contributed by atoms with E-state index in [0.29, 0.717) is 0 Å². The summed E-state index contributed by atoms with van der Waals surface area (Å²) in [4.78, 5) is 0. The molecule has 3 heteroatoms. The topological polar surface area (TPSA) is 0 Å². The normalized spacial score (nSPS) is 12.8. The van der Waals surface area contributed by atoms with Gasteiger partial charge in [0.2, 0.25) is 0 Å². The predicted octanol–water partition coefficient (Wildman–Crippen LogP) is 10.4. The van der Waals surface area contributed by atoms with Gasteiger partial charge < -0.3 is 13.4 Å². The number of hydrogen-bond acceptors (Lipinski definition) is 0. The van der Waals surface area contributed by atoms with Crippen LogP contribution in [-0.4, -0.2) is 94.5 Å². The summed E-state index contributed by atoms with van der Waals surface area (Å²) >= 11 is 0. The number of quaternary nitrogens is 3. The first-order valence-corrected chi connectivity index (χ1v) is 18.7. The van der Waals surface area contributed by atoms with E-state index in [4.69, 9.17) is 0 Å². The maximum Gasteiger partial charge on any atom is 0.0969 e. The number of nitrogens with zero attached hydrogens (tertiary/aromatic N) is 3. The summed E-state index contributed by atoms with van der Waals surface area (Å²) in [6.07, 6.45) is 33.4. The second-order valence-corrected chi connectivity index (χ2v) is 15.4. The van der Waals surface area contributed by atoms with Crippen molar-refractivity contribution in [1.29, 1.82) is 0 Å². The van der Waals surface area contributed by atoms with Crippen LogP contribution in [0.1, 0.15) is 155 Å². The third-order valence-corrected chi connectivity index (χ3v) is 9.73. The van der Waals surface area contributed by atoms with Gasteiger partial charge in [-0.2, -0.15) is 0 Å². The monoisotopic (exact) mass is 581 g/mol. The van der Waals surface area contributed by atoms with Crippen molar-refractivity contribution in [3.8, 4) is 0 Å². The van der Waals surface area contributed by atoms with Gasteiger partial charge in [-0.15, -0.1) is 0 Å². The standard InChI is InChI=1S/C38H82N3/c1-9-12-14-16-18-20-22-24-26-28-33-39(4,5)35-30-37-41(8,32-11-3)38-31-36-40(6,7)34-29-27-25-23-21-19-17-15-13-10-2/h11H,3,9-10,12-38H2,1-2,4-8H3/q+3. The van der Waals surface area contributed by atoms with Gasteiger partial charge in [-0.05, 0) is 31.8 Å². The molecule has 0 heterocycles. The zero-order valence-corrected chi connectivity index (χ0v) is 30.1. The van der Waals surface area contributed by atoms with Gasteiger partial charge >= 0.3 is 0 Å². The molecule has 0 bridgehead atoms. The molecule has 0 spiro atoms. The van der Waals surface area contributed by atoms with Crippen molar-refractivity contribution in [1.82, 2.24) is 0 Å². The molecule has 0 saturated heterocycles. The molecule has 0 amide bonds. The Kier molecular flexibility index (Phi) is 25.8. The van der Waals surface area contributed by atoms with Crippen molar-refractivity contribution in [3.63, 3.8) is 0 Å². The minimum atomic E-state index is 1.11. The van der Waals surface area contributed by atoms with E-state index >= 15 is 0 Å². The summed E-state index contributed by atoms with van der Waals surface area (Å²) in [5, 5.41) is 0. The van der Waals surface area contributed by atoms with Crippen LogP contribution in [0.3, 0.4) is 0 Å². The summed E-state index contributed by atoms with van der Waals surface area (Å²) in [5.41, 5.74) is 0. The minimum Gasteiger partial charge on any atom is -0.328 e. The van der Waals surface area contributed by atoms with Gasteiger partial charge in [-0.25, -0.2) is 0 Å². The zero-order valence-electron chi connectivity index (χ0n) is 30.1. The van der Waals surface area contributed by atoms with E-state index in [1.807, 2.05) is 0 Å². The van der Waals surface area contributed by atoms with Crippen LogP contribution in [0.25, 0.3) is 0 Å². The zero-order chi connectivity index (χ0) is 30.7. The van der Waals surface area contributed by atoms with E-state index in [1.165, 1.54) is 194 Å². The largest absolute Gasteiger partial charge is 0.328 e. The average molecular weight is 581 g/mol. The lowest BCUT2D eigenvalue weighted by molar-refractivity contribution is -0.924. The number of hydrogen-bond donors (Lipinski definition) is 0. The summed E-state index contributed by atoms with van der Waals surface area (Å²) in [6.45, 7) is 17.7. The van der Waals surface area contributed by atoms with Crippen LogP contribution in [-0.2, 0) is 0 Å². The summed E-state index contributed by atoms with van der Waals surface area (Å²) < 4.78 is 3.54. The van der Waals surface area contributed by atoms with Crippen molar-refractivity contribution in [2.45, 2.75) is 155 Å². The number of rotatable bonds is 32. The van der Waals surface area contributed by atoms with Crippen LogP contribution in [0.4, 0.5) is 0 Å². The Morgan fingerprint density at radius 3 is 0.927 bits per heavy atom. The van der Waals surface area contributed by atoms with Crippen molar-refractivity contribution >= 4 is 0 Å². The molecule has 0 fully saturated rings. The van der Waals surface area contributed by atoms with E-state index in [0.717, 1.165) is 6.54 Å². The van der Waals surface area contributed by atoms with Gasteiger partial charge in [-0.1, -0.05) is 123 Å². The van der Waals surface area contributed by atoms with E-state index in [2.05, 4.69) is 61.7 Å². The molecule has 0 aliphatic rings. The smallest absolute Gasteiger partial charge is 0.0969 e. The second-order valence-electron chi connectivity index (χ2n) is 15.4. The Morgan fingerprint density at radius 1 is 0.366 bits per heavy atom. The van der Waals surface area contributed by atoms with Crippen LogP contribution in [0.5, 0.6) is 0 Å². The Hall–Kier alpha value is -0.380. The lowest BCUT2D eigenvalue weighted by Crippen LogP contribution is -2.50. The molecule has 0 rings (SSSR count). The van der Waals surface area contributed by atoms with Crippen molar-refractivity contribution in [2.24, 2.45) is 0 Å². The fourth-order valence-electron chi connectivity index (χ4n) is 6.65. The maximum absolute atomic E-state index is 4.11. The highest BCUT2D eigenvalue weighted by atomic mass is 15.3. The van der Waals surface area contributed by atoms with Gasteiger partial charge in [-0.3, -0.25) is 0 Å². The molecule has 0 radical (unpaired) electrons. The first kappa shape index (κ1) is 40.6. The van der Waals surface area contributed by atoms with Crippen LogP contribution < -0.4 is 0 Å². The Balaban J connectivity index is 4.07. The molecular formula is C38H82N3+3. The highest BCUT2D eigenvalue weighted by molar-refractivity contribution is 4.65. The lowest BCUT2D eigenvalue weighted by Gasteiger charge is -2.37. The highest BCUT2D eigenvalue weighted by Crippen LogP contribution is 2.15. The first-order chi connectivity index (χ1) is 19.6. The van der Waals surface area contributed by atoms with E-state index < -0.39 is 0 Å². The van der Waals surface area contributed by atoms with Gasteiger partial charge in [0.1, 0.15) is 0 Å². The van der Waals surface area contributed by atoms with Crippen LogP contribution in [0.15, 0.2) is 12.7 Å². The Morgan fingerprint density at radius 2 is 0.634 bits per heavy atom. The number of unbranched alkanes of at least 4 members (excludes halogenated alkanes) is 18. The minimum absolute atomic E-state index is 1.11. The SMILES string of the molecule is C=CC[N+](C)(CCC[N+](C)(C)CCCCCCCCCCCC)CCC[N+](C)(C)CCCCCCCCCCCC. The molecule has 0 aromatic carbocycles. The van der Waals surface area contributed by atoms with Gasteiger partial charge in [0, 0.05) is 12.8 Å². The number of likely N-dealkylation sites (N-methyl/N-ethyl adjacent to an activating group) is 1. The molecule has 0 unspecified atom stereocenters. The van der Waals surface area contributed by atoms with Crippen LogP contribution in [0, 0.1) is 0 Å². The van der Waals surface area contributed by atoms with E-state index in [-0.39, 0.29) is 0 Å². The molecule has 246 valence electrons. The van der Waals surface area contributed by atoms with Gasteiger partial charge in [0.25, 0.3) is 0 Å². The molecule has 3 nitrogen and oxygen atoms in total. The molecule has 0 aliphatic carbocycles. The molecule has 0 saturated carbocycles. The van der Waals surface area contributed by atoms with Crippen molar-refractivity contribution < 1.29 is 13.4 Å². The summed E-state index contributed by atoms with van der Waals surface area (Å²) in [7, 11) is 12.3. The summed E-state index contributed by atoms with van der Waals surface area (Å²) in [5.74, 6) is 0. The van der Waals surface area contributed by atoms with Crippen LogP contribution in [0.2, 0.25) is 0 Å². The Labute approximate surface area is 261 Å². The maximum atomic E-state index is 4.11. The summed E-state index contributed by atoms with van der Waals surface area (Å²) in [6, 6.07) is 0. The highest BCUT2D eigenvalue weighted by Gasteiger charge is 2.24. The molecule has 0 aliphatic heterocycles. The van der Waals surface area contributed by atoms with E-state index in [1.54, 1.807) is 0 Å². The van der Waals surface area contributed by atoms with E-state index in [9.17, 15) is 0 Å². The first-order valence-electron chi connectivity index (χ1n) is 18.7. The van der Waals surface area contributed by atoms with Gasteiger partial charge in [0.15, 0.2) is 0 Å². The fourth-order valence-corrected chi connectivity index (χ4v) is 6.65. The molecule has 0 N–H and O–H groups in total. The third kappa shape index (κ3) is 26.9. The molecule has 0 aromatic rings. The average Bonchev–Trinajstić information content (AvgIpc) is 2.90. The quantitative estimate of drug-likeness (QED) is 0.0422. The van der Waals surface area contributed by atoms with Crippen molar-refractivity contribution in [2.75, 3.05) is 81.1 Å².